The van der Waals surface area contributed by atoms with Gasteiger partial charge in [0.2, 0.25) is 0 Å². The summed E-state index contributed by atoms with van der Waals surface area (Å²) in [5, 5.41) is 0. The Morgan fingerprint density at radius 3 is 2.64 bits per heavy atom. The van der Waals surface area contributed by atoms with E-state index in [1.165, 1.54) is 5.56 Å². The highest BCUT2D eigenvalue weighted by atomic mass is 14.7. The van der Waals surface area contributed by atoms with E-state index in [0.717, 1.165) is 17.7 Å². The second-order valence-corrected chi connectivity index (χ2v) is 2.69. The van der Waals surface area contributed by atoms with Gasteiger partial charge >= 0.3 is 0 Å². The lowest BCUT2D eigenvalue weighted by Gasteiger charge is -1.99. The van der Waals surface area contributed by atoms with Gasteiger partial charge in [-0.1, -0.05) is 19.6 Å². The van der Waals surface area contributed by atoms with Gasteiger partial charge in [-0.25, -0.2) is 0 Å². The van der Waals surface area contributed by atoms with E-state index in [-0.39, 0.29) is 0 Å². The third kappa shape index (κ3) is 1.90. The van der Waals surface area contributed by atoms with Crippen LogP contribution in [0.2, 0.25) is 0 Å². The minimum absolute atomic E-state index is 0.988. The van der Waals surface area contributed by atoms with Gasteiger partial charge in [-0.2, -0.15) is 0 Å². The predicted octanol–water partition coefficient (Wildman–Crippen LogP) is 2.68. The van der Waals surface area contributed by atoms with Crippen molar-refractivity contribution in [1.29, 1.82) is 0 Å². The summed E-state index contributed by atoms with van der Waals surface area (Å²) >= 11 is 0. The lowest BCUT2D eigenvalue weighted by atomic mass is 10.1. The Morgan fingerprint density at radius 2 is 2.27 bits per heavy atom. The van der Waals surface area contributed by atoms with Crippen LogP contribution in [-0.4, -0.2) is 4.98 Å². The Labute approximate surface area is 67.8 Å². The minimum atomic E-state index is 0.988. The van der Waals surface area contributed by atoms with E-state index in [1.807, 2.05) is 19.2 Å². The molecule has 11 heavy (non-hydrogen) atoms. The molecule has 1 aromatic heterocycles. The predicted molar refractivity (Wildman–Crippen MR) is 48.3 cm³/mol. The van der Waals surface area contributed by atoms with Crippen molar-refractivity contribution >= 4 is 5.57 Å². The summed E-state index contributed by atoms with van der Waals surface area (Å²) in [6, 6.07) is 4.11. The maximum absolute atomic E-state index is 4.25. The first kappa shape index (κ1) is 7.99. The van der Waals surface area contributed by atoms with Gasteiger partial charge in [-0.15, -0.1) is 0 Å². The average molecular weight is 147 g/mol. The monoisotopic (exact) mass is 147 g/mol. The summed E-state index contributed by atoms with van der Waals surface area (Å²) in [6.45, 7) is 7.91. The van der Waals surface area contributed by atoms with Gasteiger partial charge in [0.25, 0.3) is 0 Å². The first-order valence-corrected chi connectivity index (χ1v) is 3.85. The molecule has 1 rings (SSSR count). The van der Waals surface area contributed by atoms with Gasteiger partial charge < -0.3 is 0 Å². The second-order valence-electron chi connectivity index (χ2n) is 2.69. The van der Waals surface area contributed by atoms with Crippen molar-refractivity contribution in [2.45, 2.75) is 20.3 Å². The van der Waals surface area contributed by atoms with E-state index in [2.05, 4.69) is 24.6 Å². The Bertz CT molecular complexity index is 246. The summed E-state index contributed by atoms with van der Waals surface area (Å²) in [7, 11) is 0. The van der Waals surface area contributed by atoms with Crippen molar-refractivity contribution in [3.8, 4) is 0 Å². The van der Waals surface area contributed by atoms with Gasteiger partial charge in [-0.3, -0.25) is 4.98 Å². The molecule has 0 fully saturated rings. The lowest BCUT2D eigenvalue weighted by Crippen LogP contribution is -1.86. The van der Waals surface area contributed by atoms with Crippen molar-refractivity contribution in [3.63, 3.8) is 0 Å². The van der Waals surface area contributed by atoms with Crippen LogP contribution in [-0.2, 0) is 6.42 Å². The van der Waals surface area contributed by atoms with Crippen molar-refractivity contribution in [2.24, 2.45) is 0 Å². The molecule has 1 nitrogen and oxygen atoms in total. The fourth-order valence-corrected chi connectivity index (χ4v) is 0.886. The second kappa shape index (κ2) is 3.33. The zero-order chi connectivity index (χ0) is 8.27. The Hall–Kier alpha value is -1.11. The van der Waals surface area contributed by atoms with E-state index in [4.69, 9.17) is 0 Å². The first-order chi connectivity index (χ1) is 5.24. The molecule has 0 radical (unpaired) electrons. The number of hydrogen-bond donors (Lipinski definition) is 0. The zero-order valence-corrected chi connectivity index (χ0v) is 7.09. The van der Waals surface area contributed by atoms with Gasteiger partial charge in [-0.05, 0) is 30.5 Å². The molecule has 0 aliphatic heterocycles. The number of allylic oxidation sites excluding steroid dienone is 1. The van der Waals surface area contributed by atoms with Crippen LogP contribution < -0.4 is 0 Å². The molecular weight excluding hydrogens is 134 g/mol. The average Bonchev–Trinajstić information content (AvgIpc) is 2.05. The molecule has 0 saturated carbocycles. The molecule has 58 valence electrons. The maximum Gasteiger partial charge on any atom is 0.0653 e. The quantitative estimate of drug-likeness (QED) is 0.626. The molecule has 1 aromatic rings. The SMILES string of the molecule is C=C(C)c1ccc(CC)cn1. The number of aryl methyl sites for hydroxylation is 1. The topological polar surface area (TPSA) is 12.9 Å². The molecule has 1 heteroatoms. The third-order valence-corrected chi connectivity index (χ3v) is 1.67. The number of pyridine rings is 1. The number of rotatable bonds is 2. The van der Waals surface area contributed by atoms with E-state index >= 15 is 0 Å². The lowest BCUT2D eigenvalue weighted by molar-refractivity contribution is 1.09. The van der Waals surface area contributed by atoms with Crippen LogP contribution in [0.3, 0.4) is 0 Å². The molecule has 0 amide bonds. The van der Waals surface area contributed by atoms with E-state index in [0.29, 0.717) is 0 Å². The molecule has 0 aliphatic rings. The van der Waals surface area contributed by atoms with Crippen molar-refractivity contribution in [3.05, 3.63) is 36.2 Å². The van der Waals surface area contributed by atoms with Gasteiger partial charge in [0, 0.05) is 6.20 Å². The molecule has 0 aromatic carbocycles. The van der Waals surface area contributed by atoms with Gasteiger partial charge in [0.15, 0.2) is 0 Å². The maximum atomic E-state index is 4.25. The summed E-state index contributed by atoms with van der Waals surface area (Å²) < 4.78 is 0. The Balaban J connectivity index is 2.91. The highest BCUT2D eigenvalue weighted by Gasteiger charge is 1.93. The molecule has 0 spiro atoms. The van der Waals surface area contributed by atoms with Crippen LogP contribution in [0.1, 0.15) is 25.1 Å². The smallest absolute Gasteiger partial charge is 0.0653 e. The van der Waals surface area contributed by atoms with Gasteiger partial charge in [0.1, 0.15) is 0 Å². The molecule has 0 saturated heterocycles. The summed E-state index contributed by atoms with van der Waals surface area (Å²) in [5.74, 6) is 0. The molecule has 0 atom stereocenters. The summed E-state index contributed by atoms with van der Waals surface area (Å²) in [6.07, 6.45) is 2.95. The number of nitrogens with zero attached hydrogens (tertiary/aromatic N) is 1. The Morgan fingerprint density at radius 1 is 1.55 bits per heavy atom. The number of aromatic nitrogens is 1. The van der Waals surface area contributed by atoms with Crippen LogP contribution in [0.5, 0.6) is 0 Å². The highest BCUT2D eigenvalue weighted by molar-refractivity contribution is 5.57. The standard InChI is InChI=1S/C10H13N/c1-4-9-5-6-10(8(2)3)11-7-9/h5-7H,2,4H2,1,3H3. The first-order valence-electron chi connectivity index (χ1n) is 3.85. The van der Waals surface area contributed by atoms with Crippen LogP contribution in [0, 0.1) is 0 Å². The van der Waals surface area contributed by atoms with Crippen molar-refractivity contribution in [1.82, 2.24) is 4.98 Å². The zero-order valence-electron chi connectivity index (χ0n) is 7.09. The molecule has 0 bridgehead atoms. The number of hydrogen-bond acceptors (Lipinski definition) is 1. The highest BCUT2D eigenvalue weighted by Crippen LogP contribution is 2.08. The molecule has 0 N–H and O–H groups in total. The van der Waals surface area contributed by atoms with E-state index in [1.54, 1.807) is 0 Å². The normalized spacial score (nSPS) is 9.64. The van der Waals surface area contributed by atoms with Crippen LogP contribution >= 0.6 is 0 Å². The minimum Gasteiger partial charge on any atom is -0.256 e. The van der Waals surface area contributed by atoms with Crippen LogP contribution in [0.4, 0.5) is 0 Å². The summed E-state index contributed by atoms with van der Waals surface area (Å²) in [5.41, 5.74) is 3.28. The fraction of sp³-hybridized carbons (Fsp3) is 0.300. The van der Waals surface area contributed by atoms with Crippen LogP contribution in [0.25, 0.3) is 5.57 Å². The van der Waals surface area contributed by atoms with Crippen LogP contribution in [0.15, 0.2) is 24.9 Å². The third-order valence-electron chi connectivity index (χ3n) is 1.67. The van der Waals surface area contributed by atoms with E-state index < -0.39 is 0 Å². The van der Waals surface area contributed by atoms with Gasteiger partial charge in [0.05, 0.1) is 5.69 Å². The van der Waals surface area contributed by atoms with Crippen molar-refractivity contribution < 1.29 is 0 Å². The van der Waals surface area contributed by atoms with Crippen molar-refractivity contribution in [2.75, 3.05) is 0 Å². The Kier molecular flexibility index (Phi) is 2.42. The largest absolute Gasteiger partial charge is 0.256 e. The van der Waals surface area contributed by atoms with E-state index in [9.17, 15) is 0 Å². The summed E-state index contributed by atoms with van der Waals surface area (Å²) in [4.78, 5) is 4.25. The molecule has 0 aliphatic carbocycles. The molecule has 0 unspecified atom stereocenters. The molecular formula is C10H13N. The fourth-order valence-electron chi connectivity index (χ4n) is 0.886. The molecule has 1 heterocycles.